The van der Waals surface area contributed by atoms with Crippen LogP contribution in [0.3, 0.4) is 0 Å². The van der Waals surface area contributed by atoms with Crippen LogP contribution >= 0.6 is 0 Å². The summed E-state index contributed by atoms with van der Waals surface area (Å²) in [7, 11) is 0. The lowest BCUT2D eigenvalue weighted by Crippen LogP contribution is -2.02. The van der Waals surface area contributed by atoms with E-state index in [0.717, 1.165) is 10.9 Å². The Balaban J connectivity index is 2.33. The van der Waals surface area contributed by atoms with Gasteiger partial charge in [-0.15, -0.1) is 0 Å². The van der Waals surface area contributed by atoms with Crippen LogP contribution in [0.25, 0.3) is 33.0 Å². The van der Waals surface area contributed by atoms with Gasteiger partial charge in [-0.2, -0.15) is 0 Å². The lowest BCUT2D eigenvalue weighted by Gasteiger charge is -1.98. The van der Waals surface area contributed by atoms with Crippen LogP contribution < -0.4 is 5.43 Å². The quantitative estimate of drug-likeness (QED) is 0.525. The minimum atomic E-state index is -0.378. The summed E-state index contributed by atoms with van der Waals surface area (Å²) in [5.41, 5.74) is 2.81. The van der Waals surface area contributed by atoms with Gasteiger partial charge in [0.2, 0.25) is 5.43 Å². The first-order valence-corrected chi connectivity index (χ1v) is 6.28. The summed E-state index contributed by atoms with van der Waals surface area (Å²) < 4.78 is 19.0. The third-order valence-electron chi connectivity index (χ3n) is 3.60. The summed E-state index contributed by atoms with van der Waals surface area (Å²) in [6.07, 6.45) is 0. The number of H-pyrrole nitrogens is 1. The molecule has 0 aliphatic carbocycles. The number of pyridine rings is 1. The number of hydrogen-bond donors (Lipinski definition) is 1. The zero-order valence-corrected chi connectivity index (χ0v) is 10.7. The van der Waals surface area contributed by atoms with E-state index >= 15 is 0 Å². The standard InChI is InChI=1S/C16H10FNO2/c1-8-3-2-4-11-13-16(20-15(8)11)14(19)10-6-5-9(17)7-12(10)18-13/h2-7H,1H3,(H,18,19). The first-order chi connectivity index (χ1) is 9.65. The molecular weight excluding hydrogens is 257 g/mol. The zero-order valence-electron chi connectivity index (χ0n) is 10.7. The highest BCUT2D eigenvalue weighted by Crippen LogP contribution is 2.29. The van der Waals surface area contributed by atoms with Crippen LogP contribution in [-0.2, 0) is 0 Å². The number of aromatic nitrogens is 1. The molecule has 2 aromatic heterocycles. The number of benzene rings is 2. The van der Waals surface area contributed by atoms with Crippen LogP contribution in [0, 0.1) is 12.7 Å². The van der Waals surface area contributed by atoms with E-state index < -0.39 is 0 Å². The molecule has 0 radical (unpaired) electrons. The zero-order chi connectivity index (χ0) is 13.9. The predicted molar refractivity (Wildman–Crippen MR) is 76.5 cm³/mol. The van der Waals surface area contributed by atoms with Gasteiger partial charge in [0, 0.05) is 10.8 Å². The number of halogens is 1. The van der Waals surface area contributed by atoms with E-state index in [4.69, 9.17) is 4.42 Å². The maximum absolute atomic E-state index is 13.3. The minimum absolute atomic E-state index is 0.218. The second-order valence-corrected chi connectivity index (χ2v) is 4.90. The Morgan fingerprint density at radius 2 is 1.95 bits per heavy atom. The molecule has 4 heteroatoms. The van der Waals surface area contributed by atoms with Crippen molar-refractivity contribution in [1.29, 1.82) is 0 Å². The van der Waals surface area contributed by atoms with E-state index in [1.54, 1.807) is 0 Å². The van der Waals surface area contributed by atoms with Crippen LogP contribution in [-0.4, -0.2) is 4.98 Å². The summed E-state index contributed by atoms with van der Waals surface area (Å²) in [6, 6.07) is 9.79. The maximum Gasteiger partial charge on any atom is 0.232 e. The van der Waals surface area contributed by atoms with Crippen LogP contribution in [0.5, 0.6) is 0 Å². The summed E-state index contributed by atoms with van der Waals surface area (Å²) in [6.45, 7) is 1.93. The fraction of sp³-hybridized carbons (Fsp3) is 0.0625. The number of nitrogens with one attached hydrogen (secondary N) is 1. The molecule has 0 bridgehead atoms. The minimum Gasteiger partial charge on any atom is -0.450 e. The van der Waals surface area contributed by atoms with Crippen LogP contribution in [0.1, 0.15) is 5.56 Å². The van der Waals surface area contributed by atoms with Crippen molar-refractivity contribution in [2.24, 2.45) is 0 Å². The maximum atomic E-state index is 13.3. The second-order valence-electron chi connectivity index (χ2n) is 4.90. The SMILES string of the molecule is Cc1cccc2c1oc1c(=O)c3ccc(F)cc3[nH]c12. The fourth-order valence-electron chi connectivity index (χ4n) is 2.62. The van der Waals surface area contributed by atoms with Gasteiger partial charge in [0.25, 0.3) is 0 Å². The van der Waals surface area contributed by atoms with Crippen molar-refractivity contribution < 1.29 is 8.81 Å². The lowest BCUT2D eigenvalue weighted by atomic mass is 10.1. The Morgan fingerprint density at radius 3 is 2.80 bits per heavy atom. The van der Waals surface area contributed by atoms with Gasteiger partial charge in [0.1, 0.15) is 11.4 Å². The molecule has 0 saturated heterocycles. The Morgan fingerprint density at radius 1 is 1.10 bits per heavy atom. The predicted octanol–water partition coefficient (Wildman–Crippen LogP) is 3.88. The van der Waals surface area contributed by atoms with Gasteiger partial charge < -0.3 is 9.40 Å². The summed E-state index contributed by atoms with van der Waals surface area (Å²) in [5.74, 6) is -0.378. The van der Waals surface area contributed by atoms with Crippen molar-refractivity contribution in [2.45, 2.75) is 6.92 Å². The van der Waals surface area contributed by atoms with Gasteiger partial charge in [-0.05, 0) is 36.8 Å². The van der Waals surface area contributed by atoms with E-state index in [1.807, 2.05) is 25.1 Å². The molecule has 2 aromatic carbocycles. The molecule has 0 aliphatic rings. The molecule has 0 amide bonds. The molecule has 4 aromatic rings. The molecule has 0 aliphatic heterocycles. The molecule has 0 unspecified atom stereocenters. The number of para-hydroxylation sites is 1. The molecule has 2 heterocycles. The van der Waals surface area contributed by atoms with Crippen LogP contribution in [0.15, 0.2) is 45.6 Å². The molecule has 1 N–H and O–H groups in total. The molecule has 0 atom stereocenters. The Hall–Kier alpha value is -2.62. The highest BCUT2D eigenvalue weighted by atomic mass is 19.1. The second kappa shape index (κ2) is 3.70. The highest BCUT2D eigenvalue weighted by Gasteiger charge is 2.14. The van der Waals surface area contributed by atoms with Crippen molar-refractivity contribution in [2.75, 3.05) is 0 Å². The monoisotopic (exact) mass is 267 g/mol. The Labute approximate surface area is 112 Å². The number of furan rings is 1. The van der Waals surface area contributed by atoms with Gasteiger partial charge in [-0.3, -0.25) is 4.79 Å². The number of rotatable bonds is 0. The van der Waals surface area contributed by atoms with Crippen molar-refractivity contribution in [3.05, 3.63) is 58.0 Å². The van der Waals surface area contributed by atoms with E-state index in [9.17, 15) is 9.18 Å². The van der Waals surface area contributed by atoms with Gasteiger partial charge in [0.15, 0.2) is 5.58 Å². The van der Waals surface area contributed by atoms with Crippen molar-refractivity contribution in [1.82, 2.24) is 4.98 Å². The van der Waals surface area contributed by atoms with Gasteiger partial charge >= 0.3 is 0 Å². The van der Waals surface area contributed by atoms with E-state index in [1.165, 1.54) is 18.2 Å². The normalized spacial score (nSPS) is 11.7. The molecule has 3 nitrogen and oxygen atoms in total. The molecule has 0 spiro atoms. The number of hydrogen-bond acceptors (Lipinski definition) is 2. The Bertz CT molecular complexity index is 1040. The van der Waals surface area contributed by atoms with Crippen molar-refractivity contribution in [3.8, 4) is 0 Å². The number of aryl methyl sites for hydroxylation is 1. The van der Waals surface area contributed by atoms with E-state index in [0.29, 0.717) is 22.0 Å². The lowest BCUT2D eigenvalue weighted by molar-refractivity contribution is 0.629. The first kappa shape index (κ1) is 11.2. The number of fused-ring (bicyclic) bond motifs is 4. The fourth-order valence-corrected chi connectivity index (χ4v) is 2.62. The topological polar surface area (TPSA) is 46.0 Å². The van der Waals surface area contributed by atoms with Gasteiger partial charge in [-0.1, -0.05) is 12.1 Å². The average molecular weight is 267 g/mol. The molecule has 0 saturated carbocycles. The molecule has 0 fully saturated rings. The molecule has 4 rings (SSSR count). The molecular formula is C16H10FNO2. The van der Waals surface area contributed by atoms with Crippen LogP contribution in [0.4, 0.5) is 4.39 Å². The third-order valence-corrected chi connectivity index (χ3v) is 3.60. The Kier molecular flexibility index (Phi) is 2.07. The van der Waals surface area contributed by atoms with Crippen LogP contribution in [0.2, 0.25) is 0 Å². The first-order valence-electron chi connectivity index (χ1n) is 6.28. The summed E-state index contributed by atoms with van der Waals surface area (Å²) in [4.78, 5) is 15.6. The smallest absolute Gasteiger partial charge is 0.232 e. The summed E-state index contributed by atoms with van der Waals surface area (Å²) in [5, 5.41) is 1.26. The highest BCUT2D eigenvalue weighted by molar-refractivity contribution is 6.06. The average Bonchev–Trinajstić information content (AvgIpc) is 2.79. The van der Waals surface area contributed by atoms with Gasteiger partial charge in [0.05, 0.1) is 11.0 Å². The van der Waals surface area contributed by atoms with E-state index in [-0.39, 0.29) is 16.8 Å². The van der Waals surface area contributed by atoms with Gasteiger partial charge in [-0.25, -0.2) is 4.39 Å². The largest absolute Gasteiger partial charge is 0.450 e. The van der Waals surface area contributed by atoms with E-state index in [2.05, 4.69) is 4.98 Å². The molecule has 98 valence electrons. The van der Waals surface area contributed by atoms with Crippen molar-refractivity contribution >= 4 is 33.0 Å². The van der Waals surface area contributed by atoms with Crippen molar-refractivity contribution in [3.63, 3.8) is 0 Å². The molecule has 20 heavy (non-hydrogen) atoms. The third kappa shape index (κ3) is 1.36. The summed E-state index contributed by atoms with van der Waals surface area (Å²) >= 11 is 0. The number of aromatic amines is 1.